The molecule has 0 aromatic rings. The van der Waals surface area contributed by atoms with E-state index >= 15 is 0 Å². The van der Waals surface area contributed by atoms with Crippen molar-refractivity contribution in [3.05, 3.63) is 0 Å². The molecule has 1 heterocycles. The van der Waals surface area contributed by atoms with Crippen LogP contribution in [0.2, 0.25) is 0 Å². The highest BCUT2D eigenvalue weighted by Crippen LogP contribution is 2.48. The standard InChI is InChI=1S/C15H28O3/c1-8-10(2)12-15(6,13(16)17-7)9-11(18-12)14(3,4)5/h10-12H,8-9H2,1-7H3/t10-,11+,12+,15?/m0/s1. The molecule has 3 heteroatoms. The second-order valence-electron chi connectivity index (χ2n) is 6.91. The number of hydrogen-bond donors (Lipinski definition) is 0. The molecule has 0 radical (unpaired) electrons. The summed E-state index contributed by atoms with van der Waals surface area (Å²) in [5, 5.41) is 0. The van der Waals surface area contributed by atoms with E-state index in [1.165, 1.54) is 7.11 Å². The highest BCUT2D eigenvalue weighted by molar-refractivity contribution is 5.77. The number of carbonyl (C=O) groups is 1. The van der Waals surface area contributed by atoms with Crippen LogP contribution in [0.5, 0.6) is 0 Å². The highest BCUT2D eigenvalue weighted by atomic mass is 16.5. The Morgan fingerprint density at radius 2 is 2.06 bits per heavy atom. The van der Waals surface area contributed by atoms with Crippen molar-refractivity contribution in [3.63, 3.8) is 0 Å². The van der Waals surface area contributed by atoms with Crippen LogP contribution in [-0.2, 0) is 14.3 Å². The highest BCUT2D eigenvalue weighted by Gasteiger charge is 2.55. The van der Waals surface area contributed by atoms with Gasteiger partial charge in [0.1, 0.15) is 0 Å². The van der Waals surface area contributed by atoms with E-state index in [9.17, 15) is 4.79 Å². The number of esters is 1. The Kier molecular flexibility index (Phi) is 4.47. The first-order valence-electron chi connectivity index (χ1n) is 6.90. The van der Waals surface area contributed by atoms with Gasteiger partial charge < -0.3 is 9.47 Å². The zero-order valence-electron chi connectivity index (χ0n) is 12.9. The molecule has 1 aliphatic rings. The van der Waals surface area contributed by atoms with Crippen LogP contribution in [0, 0.1) is 16.7 Å². The second-order valence-corrected chi connectivity index (χ2v) is 6.91. The average molecular weight is 256 g/mol. The molecule has 0 aromatic carbocycles. The Morgan fingerprint density at radius 3 is 2.44 bits per heavy atom. The summed E-state index contributed by atoms with van der Waals surface area (Å²) in [6, 6.07) is 0. The summed E-state index contributed by atoms with van der Waals surface area (Å²) >= 11 is 0. The molecule has 0 bridgehead atoms. The molecule has 1 fully saturated rings. The maximum Gasteiger partial charge on any atom is 0.314 e. The van der Waals surface area contributed by atoms with E-state index in [0.29, 0.717) is 5.92 Å². The van der Waals surface area contributed by atoms with Crippen LogP contribution in [0.15, 0.2) is 0 Å². The molecular weight excluding hydrogens is 228 g/mol. The molecule has 0 spiro atoms. The van der Waals surface area contributed by atoms with Crippen LogP contribution >= 0.6 is 0 Å². The summed E-state index contributed by atoms with van der Waals surface area (Å²) in [5.41, 5.74) is -0.459. The van der Waals surface area contributed by atoms with E-state index in [1.54, 1.807) is 0 Å². The van der Waals surface area contributed by atoms with Gasteiger partial charge in [0.15, 0.2) is 0 Å². The Morgan fingerprint density at radius 1 is 1.50 bits per heavy atom. The van der Waals surface area contributed by atoms with Gasteiger partial charge in [0, 0.05) is 0 Å². The molecular formula is C15H28O3. The predicted molar refractivity (Wildman–Crippen MR) is 72.3 cm³/mol. The molecule has 1 unspecified atom stereocenters. The van der Waals surface area contributed by atoms with Crippen molar-refractivity contribution in [2.75, 3.05) is 7.11 Å². The molecule has 0 amide bonds. The average Bonchev–Trinajstić information content (AvgIpc) is 2.66. The lowest BCUT2D eigenvalue weighted by atomic mass is 9.73. The van der Waals surface area contributed by atoms with Gasteiger partial charge in [-0.2, -0.15) is 0 Å². The lowest BCUT2D eigenvalue weighted by molar-refractivity contribution is -0.157. The lowest BCUT2D eigenvalue weighted by Crippen LogP contribution is -2.40. The van der Waals surface area contributed by atoms with Gasteiger partial charge in [0.05, 0.1) is 24.7 Å². The Hall–Kier alpha value is -0.570. The predicted octanol–water partition coefficient (Wildman–Crippen LogP) is 3.42. The first-order chi connectivity index (χ1) is 8.16. The van der Waals surface area contributed by atoms with Crippen molar-refractivity contribution in [1.82, 2.24) is 0 Å². The van der Waals surface area contributed by atoms with Gasteiger partial charge in [-0.1, -0.05) is 41.0 Å². The Bertz CT molecular complexity index is 305. The number of hydrogen-bond acceptors (Lipinski definition) is 3. The molecule has 0 N–H and O–H groups in total. The Labute approximate surface area is 111 Å². The molecule has 106 valence electrons. The van der Waals surface area contributed by atoms with E-state index in [0.717, 1.165) is 12.8 Å². The fourth-order valence-electron chi connectivity index (χ4n) is 2.80. The van der Waals surface area contributed by atoms with Crippen molar-refractivity contribution in [2.45, 2.75) is 66.6 Å². The van der Waals surface area contributed by atoms with Crippen molar-refractivity contribution in [1.29, 1.82) is 0 Å². The molecule has 1 saturated heterocycles. The minimum Gasteiger partial charge on any atom is -0.469 e. The summed E-state index contributed by atoms with van der Waals surface area (Å²) in [4.78, 5) is 12.1. The quantitative estimate of drug-likeness (QED) is 0.726. The van der Waals surface area contributed by atoms with E-state index in [4.69, 9.17) is 9.47 Å². The number of rotatable bonds is 3. The molecule has 0 saturated carbocycles. The zero-order chi connectivity index (χ0) is 14.1. The van der Waals surface area contributed by atoms with Crippen LogP contribution < -0.4 is 0 Å². The van der Waals surface area contributed by atoms with Crippen LogP contribution in [-0.4, -0.2) is 25.3 Å². The molecule has 1 rings (SSSR count). The first-order valence-corrected chi connectivity index (χ1v) is 6.90. The van der Waals surface area contributed by atoms with E-state index in [1.807, 2.05) is 6.92 Å². The number of ether oxygens (including phenoxy) is 2. The molecule has 0 aliphatic carbocycles. The molecule has 3 nitrogen and oxygen atoms in total. The van der Waals surface area contributed by atoms with Crippen molar-refractivity contribution in [3.8, 4) is 0 Å². The normalized spacial score (nSPS) is 34.4. The van der Waals surface area contributed by atoms with Crippen LogP contribution in [0.3, 0.4) is 0 Å². The van der Waals surface area contributed by atoms with Gasteiger partial charge in [-0.3, -0.25) is 4.79 Å². The maximum atomic E-state index is 12.1. The summed E-state index contributed by atoms with van der Waals surface area (Å²) in [6.45, 7) is 12.8. The SMILES string of the molecule is CC[C@H](C)[C@H]1O[C@@H](C(C)(C)C)CC1(C)C(=O)OC. The molecule has 4 atom stereocenters. The minimum absolute atomic E-state index is 0.0424. The third kappa shape index (κ3) is 2.71. The number of methoxy groups -OCH3 is 1. The van der Waals surface area contributed by atoms with Crippen LogP contribution in [0.1, 0.15) is 54.4 Å². The van der Waals surface area contributed by atoms with Gasteiger partial charge in [-0.25, -0.2) is 0 Å². The van der Waals surface area contributed by atoms with Gasteiger partial charge >= 0.3 is 5.97 Å². The Balaban J connectivity index is 3.02. The summed E-state index contributed by atoms with van der Waals surface area (Å²) in [6.07, 6.45) is 1.83. The van der Waals surface area contributed by atoms with Gasteiger partial charge in [-0.15, -0.1) is 0 Å². The fraction of sp³-hybridized carbons (Fsp3) is 0.933. The minimum atomic E-state index is -0.512. The topological polar surface area (TPSA) is 35.5 Å². The van der Waals surface area contributed by atoms with Gasteiger partial charge in [0.2, 0.25) is 0 Å². The van der Waals surface area contributed by atoms with Crippen molar-refractivity contribution < 1.29 is 14.3 Å². The van der Waals surface area contributed by atoms with Gasteiger partial charge in [0.25, 0.3) is 0 Å². The summed E-state index contributed by atoms with van der Waals surface area (Å²) in [5.74, 6) is 0.223. The van der Waals surface area contributed by atoms with E-state index < -0.39 is 5.41 Å². The maximum absolute atomic E-state index is 12.1. The fourth-order valence-corrected chi connectivity index (χ4v) is 2.80. The van der Waals surface area contributed by atoms with Crippen LogP contribution in [0.25, 0.3) is 0 Å². The summed E-state index contributed by atoms with van der Waals surface area (Å²) < 4.78 is 11.2. The largest absolute Gasteiger partial charge is 0.469 e. The van der Waals surface area contributed by atoms with Crippen LogP contribution in [0.4, 0.5) is 0 Å². The molecule has 1 aliphatic heterocycles. The zero-order valence-corrected chi connectivity index (χ0v) is 12.9. The number of carbonyl (C=O) groups excluding carboxylic acids is 1. The first kappa shape index (κ1) is 15.5. The molecule has 18 heavy (non-hydrogen) atoms. The van der Waals surface area contributed by atoms with Crippen molar-refractivity contribution >= 4 is 5.97 Å². The summed E-state index contributed by atoms with van der Waals surface area (Å²) in [7, 11) is 1.46. The molecule has 0 aromatic heterocycles. The third-order valence-corrected chi connectivity index (χ3v) is 4.33. The van der Waals surface area contributed by atoms with Crippen molar-refractivity contribution in [2.24, 2.45) is 16.7 Å². The monoisotopic (exact) mass is 256 g/mol. The lowest BCUT2D eigenvalue weighted by Gasteiger charge is -2.31. The second kappa shape index (κ2) is 5.20. The smallest absolute Gasteiger partial charge is 0.314 e. The third-order valence-electron chi connectivity index (χ3n) is 4.33. The van der Waals surface area contributed by atoms with Gasteiger partial charge in [-0.05, 0) is 24.7 Å². The van der Waals surface area contributed by atoms with E-state index in [-0.39, 0.29) is 23.6 Å². The van der Waals surface area contributed by atoms with E-state index in [2.05, 4.69) is 34.6 Å².